The normalized spacial score (nSPS) is 16.0. The number of nitrogens with zero attached hydrogens (tertiary/aromatic N) is 1. The molecule has 1 atom stereocenters. The SMILES string of the molecule is CCOc1ccc(Br)cc1C=CC(=O)Nc1sc2c(c1C#N)CCC(C)C2. The number of anilines is 1. The number of amides is 1. The summed E-state index contributed by atoms with van der Waals surface area (Å²) < 4.78 is 6.51. The van der Waals surface area contributed by atoms with Gasteiger partial charge in [0.15, 0.2) is 0 Å². The van der Waals surface area contributed by atoms with Crippen LogP contribution in [-0.2, 0) is 17.6 Å². The molecule has 1 unspecified atom stereocenters. The van der Waals surface area contributed by atoms with Gasteiger partial charge in [0.25, 0.3) is 0 Å². The molecule has 0 fully saturated rings. The van der Waals surface area contributed by atoms with Gasteiger partial charge in [0.05, 0.1) is 12.2 Å². The number of ether oxygens (including phenoxy) is 1. The van der Waals surface area contributed by atoms with Crippen LogP contribution in [0.1, 0.15) is 41.8 Å². The Morgan fingerprint density at radius 3 is 3.07 bits per heavy atom. The van der Waals surface area contributed by atoms with Crippen molar-refractivity contribution in [3.05, 3.63) is 50.3 Å². The van der Waals surface area contributed by atoms with Crippen LogP contribution in [0.2, 0.25) is 0 Å². The van der Waals surface area contributed by atoms with Gasteiger partial charge in [-0.25, -0.2) is 0 Å². The summed E-state index contributed by atoms with van der Waals surface area (Å²) in [6.07, 6.45) is 6.20. The maximum Gasteiger partial charge on any atom is 0.249 e. The van der Waals surface area contributed by atoms with Gasteiger partial charge < -0.3 is 10.1 Å². The zero-order valence-corrected chi connectivity index (χ0v) is 17.7. The van der Waals surface area contributed by atoms with Crippen molar-refractivity contribution >= 4 is 44.3 Å². The van der Waals surface area contributed by atoms with Crippen molar-refractivity contribution in [3.63, 3.8) is 0 Å². The number of rotatable bonds is 5. The number of fused-ring (bicyclic) bond motifs is 1. The molecule has 4 nitrogen and oxygen atoms in total. The Bertz CT molecular complexity index is 927. The van der Waals surface area contributed by atoms with E-state index >= 15 is 0 Å². The number of hydrogen-bond acceptors (Lipinski definition) is 4. The van der Waals surface area contributed by atoms with E-state index in [1.807, 2.05) is 25.1 Å². The van der Waals surface area contributed by atoms with Gasteiger partial charge in [0.1, 0.15) is 16.8 Å². The minimum atomic E-state index is -0.249. The molecule has 1 aromatic heterocycles. The number of carbonyl (C=O) groups is 1. The average molecular weight is 445 g/mol. The van der Waals surface area contributed by atoms with Crippen LogP contribution in [0.5, 0.6) is 5.75 Å². The summed E-state index contributed by atoms with van der Waals surface area (Å²) in [7, 11) is 0. The van der Waals surface area contributed by atoms with Crippen molar-refractivity contribution in [1.29, 1.82) is 5.26 Å². The number of nitrogens with one attached hydrogen (secondary N) is 1. The highest BCUT2D eigenvalue weighted by atomic mass is 79.9. The predicted molar refractivity (Wildman–Crippen MR) is 113 cm³/mol. The third kappa shape index (κ3) is 4.60. The van der Waals surface area contributed by atoms with E-state index in [9.17, 15) is 10.1 Å². The lowest BCUT2D eigenvalue weighted by molar-refractivity contribution is -0.111. The summed E-state index contributed by atoms with van der Waals surface area (Å²) in [5, 5.41) is 13.1. The van der Waals surface area contributed by atoms with Gasteiger partial charge in [-0.2, -0.15) is 5.26 Å². The first-order chi connectivity index (χ1) is 13.0. The van der Waals surface area contributed by atoms with Gasteiger partial charge in [-0.1, -0.05) is 22.9 Å². The zero-order valence-electron chi connectivity index (χ0n) is 15.3. The molecule has 0 saturated carbocycles. The quantitative estimate of drug-likeness (QED) is 0.614. The zero-order chi connectivity index (χ0) is 19.4. The molecule has 0 aliphatic heterocycles. The molecule has 3 rings (SSSR count). The minimum Gasteiger partial charge on any atom is -0.493 e. The summed E-state index contributed by atoms with van der Waals surface area (Å²) in [6.45, 7) is 4.70. The second kappa shape index (κ2) is 8.73. The molecule has 1 N–H and O–H groups in total. The van der Waals surface area contributed by atoms with E-state index in [2.05, 4.69) is 34.2 Å². The molecule has 2 aromatic rings. The van der Waals surface area contributed by atoms with E-state index in [0.717, 1.165) is 40.6 Å². The minimum absolute atomic E-state index is 0.249. The Kier molecular flexibility index (Phi) is 6.35. The molecular weight excluding hydrogens is 424 g/mol. The highest BCUT2D eigenvalue weighted by Gasteiger charge is 2.24. The van der Waals surface area contributed by atoms with Crippen LogP contribution in [-0.4, -0.2) is 12.5 Å². The Morgan fingerprint density at radius 2 is 2.33 bits per heavy atom. The number of nitriles is 1. The molecule has 0 spiro atoms. The Labute approximate surface area is 172 Å². The van der Waals surface area contributed by atoms with Gasteiger partial charge in [0.2, 0.25) is 5.91 Å². The highest BCUT2D eigenvalue weighted by molar-refractivity contribution is 9.10. The average Bonchev–Trinajstić information content (AvgIpc) is 2.97. The first-order valence-corrected chi connectivity index (χ1v) is 10.6. The lowest BCUT2D eigenvalue weighted by Crippen LogP contribution is -2.10. The van der Waals surface area contributed by atoms with Crippen LogP contribution < -0.4 is 10.1 Å². The van der Waals surface area contributed by atoms with Gasteiger partial charge in [-0.05, 0) is 61.9 Å². The lowest BCUT2D eigenvalue weighted by Gasteiger charge is -2.17. The molecule has 1 aromatic carbocycles. The smallest absolute Gasteiger partial charge is 0.249 e. The molecule has 27 heavy (non-hydrogen) atoms. The van der Waals surface area contributed by atoms with Crippen molar-refractivity contribution in [2.24, 2.45) is 5.92 Å². The number of thiophene rings is 1. The molecule has 0 radical (unpaired) electrons. The Morgan fingerprint density at radius 1 is 1.52 bits per heavy atom. The number of benzene rings is 1. The van der Waals surface area contributed by atoms with Gasteiger partial charge >= 0.3 is 0 Å². The van der Waals surface area contributed by atoms with Crippen LogP contribution in [0.3, 0.4) is 0 Å². The van der Waals surface area contributed by atoms with Crippen molar-refractivity contribution in [3.8, 4) is 11.8 Å². The topological polar surface area (TPSA) is 62.1 Å². The van der Waals surface area contributed by atoms with E-state index in [4.69, 9.17) is 4.74 Å². The fourth-order valence-corrected chi connectivity index (χ4v) is 4.96. The van der Waals surface area contributed by atoms with Crippen LogP contribution in [0, 0.1) is 17.2 Å². The Hall–Kier alpha value is -2.10. The summed E-state index contributed by atoms with van der Waals surface area (Å²) in [6, 6.07) is 7.95. The highest BCUT2D eigenvalue weighted by Crippen LogP contribution is 2.39. The van der Waals surface area contributed by atoms with Gasteiger partial charge in [0, 0.05) is 21.0 Å². The second-order valence-corrected chi connectivity index (χ2v) is 8.63. The number of hydrogen-bond donors (Lipinski definition) is 1. The second-order valence-electron chi connectivity index (χ2n) is 6.61. The molecule has 6 heteroatoms. The van der Waals surface area contributed by atoms with Crippen molar-refractivity contribution < 1.29 is 9.53 Å². The molecule has 1 aliphatic carbocycles. The van der Waals surface area contributed by atoms with E-state index in [-0.39, 0.29) is 5.91 Å². The molecule has 1 aliphatic rings. The molecule has 0 bridgehead atoms. The number of carbonyl (C=O) groups excluding carboxylic acids is 1. The lowest BCUT2D eigenvalue weighted by atomic mass is 9.89. The summed E-state index contributed by atoms with van der Waals surface area (Å²) in [4.78, 5) is 13.7. The fraction of sp³-hybridized carbons (Fsp3) is 0.333. The van der Waals surface area contributed by atoms with Gasteiger partial charge in [-0.3, -0.25) is 4.79 Å². The summed E-state index contributed by atoms with van der Waals surface area (Å²) >= 11 is 4.97. The maximum absolute atomic E-state index is 12.4. The predicted octanol–water partition coefficient (Wildman–Crippen LogP) is 5.56. The monoisotopic (exact) mass is 444 g/mol. The molecule has 1 amide bonds. The molecular formula is C21H21BrN2O2S. The van der Waals surface area contributed by atoms with Crippen LogP contribution in [0.15, 0.2) is 28.7 Å². The number of halogens is 1. The third-order valence-corrected chi connectivity index (χ3v) is 6.21. The van der Waals surface area contributed by atoms with Crippen LogP contribution in [0.4, 0.5) is 5.00 Å². The largest absolute Gasteiger partial charge is 0.493 e. The van der Waals surface area contributed by atoms with Crippen molar-refractivity contribution in [2.45, 2.75) is 33.1 Å². The van der Waals surface area contributed by atoms with Gasteiger partial charge in [-0.15, -0.1) is 11.3 Å². The Balaban J connectivity index is 1.78. The third-order valence-electron chi connectivity index (χ3n) is 4.55. The summed E-state index contributed by atoms with van der Waals surface area (Å²) in [5.74, 6) is 1.10. The first-order valence-electron chi connectivity index (χ1n) is 8.97. The van der Waals surface area contributed by atoms with E-state index in [0.29, 0.717) is 23.1 Å². The van der Waals surface area contributed by atoms with E-state index in [1.54, 1.807) is 6.08 Å². The van der Waals surface area contributed by atoms with Crippen LogP contribution in [0.25, 0.3) is 6.08 Å². The maximum atomic E-state index is 12.4. The molecule has 0 saturated heterocycles. The standard InChI is InChI=1S/C21H21BrN2O2S/c1-3-26-18-8-6-15(22)11-14(18)5-9-20(25)24-21-17(12-23)16-7-4-13(2)10-19(16)27-21/h5-6,8-9,11,13H,3-4,7,10H2,1-2H3,(H,24,25). The van der Waals surface area contributed by atoms with E-state index in [1.165, 1.54) is 22.3 Å². The fourth-order valence-electron chi connectivity index (χ4n) is 3.21. The van der Waals surface area contributed by atoms with E-state index < -0.39 is 0 Å². The summed E-state index contributed by atoms with van der Waals surface area (Å²) in [5.41, 5.74) is 2.56. The van der Waals surface area contributed by atoms with Crippen LogP contribution >= 0.6 is 27.3 Å². The van der Waals surface area contributed by atoms with Crippen molar-refractivity contribution in [1.82, 2.24) is 0 Å². The van der Waals surface area contributed by atoms with Crippen molar-refractivity contribution in [2.75, 3.05) is 11.9 Å². The molecule has 140 valence electrons. The molecule has 1 heterocycles. The first kappa shape index (κ1) is 19.7.